The lowest BCUT2D eigenvalue weighted by Crippen LogP contribution is -2.53. The summed E-state index contributed by atoms with van der Waals surface area (Å²) in [5.74, 6) is 3.06. The van der Waals surface area contributed by atoms with E-state index in [1.807, 2.05) is 6.20 Å². The van der Waals surface area contributed by atoms with E-state index in [0.29, 0.717) is 10.8 Å². The molecule has 0 amide bonds. The molecular weight excluding hydrogens is 358 g/mol. The number of nitrogens with zero attached hydrogens (tertiary/aromatic N) is 1. The first-order valence-electron chi connectivity index (χ1n) is 11.7. The third-order valence-electron chi connectivity index (χ3n) is 9.50. The molecule has 5 rings (SSSR count). The van der Waals surface area contributed by atoms with Crippen molar-refractivity contribution in [2.45, 2.75) is 78.2 Å². The van der Waals surface area contributed by atoms with Crippen LogP contribution in [0, 0.1) is 34.5 Å². The van der Waals surface area contributed by atoms with Crippen LogP contribution in [-0.4, -0.2) is 17.1 Å². The summed E-state index contributed by atoms with van der Waals surface area (Å²) in [7, 11) is 0. The molecule has 0 aliphatic heterocycles. The standard InChI is InChI=1S/C26H35NO2/c1-17(28)29-20-10-12-25(2)19(15-20)6-7-21-23-9-8-22(18-5-4-14-27-16-18)26(23,3)13-11-24(21)25/h4-5,8,14,16,19-21,23-24H,6-7,9-13,15H2,1-3H3/t19-,20-,21-,23-,24-,25-,26+/m0/s1. The first kappa shape index (κ1) is 19.3. The van der Waals surface area contributed by atoms with Gasteiger partial charge in [0, 0.05) is 19.3 Å². The smallest absolute Gasteiger partial charge is 0.302 e. The number of fused-ring (bicyclic) bond motifs is 5. The van der Waals surface area contributed by atoms with Crippen molar-refractivity contribution < 1.29 is 9.53 Å². The summed E-state index contributed by atoms with van der Waals surface area (Å²) in [6, 6.07) is 4.32. The summed E-state index contributed by atoms with van der Waals surface area (Å²) in [6.45, 7) is 6.66. The average molecular weight is 394 g/mol. The van der Waals surface area contributed by atoms with E-state index in [-0.39, 0.29) is 12.1 Å². The van der Waals surface area contributed by atoms with Crippen LogP contribution in [0.15, 0.2) is 30.6 Å². The van der Waals surface area contributed by atoms with E-state index in [1.54, 1.807) is 12.5 Å². The van der Waals surface area contributed by atoms with Crippen LogP contribution in [0.5, 0.6) is 0 Å². The van der Waals surface area contributed by atoms with Gasteiger partial charge in [-0.1, -0.05) is 26.0 Å². The summed E-state index contributed by atoms with van der Waals surface area (Å²) in [5.41, 5.74) is 3.62. The van der Waals surface area contributed by atoms with Gasteiger partial charge in [0.15, 0.2) is 0 Å². The van der Waals surface area contributed by atoms with Gasteiger partial charge in [0.1, 0.15) is 6.10 Å². The lowest BCUT2D eigenvalue weighted by atomic mass is 9.44. The van der Waals surface area contributed by atoms with Gasteiger partial charge in [0.25, 0.3) is 0 Å². The van der Waals surface area contributed by atoms with Gasteiger partial charge in [-0.15, -0.1) is 0 Å². The highest BCUT2D eigenvalue weighted by molar-refractivity contribution is 5.72. The highest BCUT2D eigenvalue weighted by Crippen LogP contribution is 2.67. The van der Waals surface area contributed by atoms with E-state index in [4.69, 9.17) is 4.74 Å². The van der Waals surface area contributed by atoms with Crippen molar-refractivity contribution >= 4 is 11.5 Å². The van der Waals surface area contributed by atoms with Crippen LogP contribution < -0.4 is 0 Å². The van der Waals surface area contributed by atoms with E-state index in [9.17, 15) is 4.79 Å². The van der Waals surface area contributed by atoms with E-state index >= 15 is 0 Å². The molecule has 0 saturated heterocycles. The number of esters is 1. The van der Waals surface area contributed by atoms with Gasteiger partial charge in [0.2, 0.25) is 0 Å². The molecule has 1 heterocycles. The van der Waals surface area contributed by atoms with Gasteiger partial charge >= 0.3 is 5.97 Å². The summed E-state index contributed by atoms with van der Waals surface area (Å²) in [5, 5.41) is 0. The van der Waals surface area contributed by atoms with Crippen LogP contribution >= 0.6 is 0 Å². The van der Waals surface area contributed by atoms with E-state index < -0.39 is 0 Å². The molecule has 29 heavy (non-hydrogen) atoms. The van der Waals surface area contributed by atoms with E-state index in [1.165, 1.54) is 44.1 Å². The third-order valence-corrected chi connectivity index (χ3v) is 9.50. The number of carbonyl (C=O) groups is 1. The third kappa shape index (κ3) is 2.99. The molecule has 3 nitrogen and oxygen atoms in total. The van der Waals surface area contributed by atoms with Gasteiger partial charge in [0.05, 0.1) is 0 Å². The SMILES string of the molecule is CC(=O)O[C@H]1CC[C@@]2(C)[C@@H](CC[C@@H]3[C@@H]2CC[C@]2(C)C(c4cccnc4)=CC[C@@H]32)C1. The van der Waals surface area contributed by atoms with Crippen LogP contribution in [0.2, 0.25) is 0 Å². The normalized spacial score (nSPS) is 43.6. The fraction of sp³-hybridized carbons (Fsp3) is 0.692. The molecule has 4 aliphatic rings. The molecule has 0 radical (unpaired) electrons. The number of rotatable bonds is 2. The second kappa shape index (κ2) is 6.96. The van der Waals surface area contributed by atoms with Crippen molar-refractivity contribution in [2.75, 3.05) is 0 Å². The maximum absolute atomic E-state index is 11.5. The number of ether oxygens (including phenoxy) is 1. The minimum Gasteiger partial charge on any atom is -0.463 e. The number of aromatic nitrogens is 1. The van der Waals surface area contributed by atoms with Crippen molar-refractivity contribution in [3.05, 3.63) is 36.2 Å². The van der Waals surface area contributed by atoms with Crippen molar-refractivity contribution in [1.82, 2.24) is 4.98 Å². The predicted octanol–water partition coefficient (Wildman–Crippen LogP) is 6.05. The zero-order valence-corrected chi connectivity index (χ0v) is 18.2. The summed E-state index contributed by atoms with van der Waals surface area (Å²) < 4.78 is 5.62. The molecule has 0 N–H and O–H groups in total. The number of hydrogen-bond acceptors (Lipinski definition) is 3. The molecule has 4 aliphatic carbocycles. The van der Waals surface area contributed by atoms with Crippen molar-refractivity contribution in [3.63, 3.8) is 0 Å². The summed E-state index contributed by atoms with van der Waals surface area (Å²) in [6.07, 6.45) is 16.5. The average Bonchev–Trinajstić information content (AvgIpc) is 3.06. The molecule has 3 fully saturated rings. The van der Waals surface area contributed by atoms with Gasteiger partial charge in [-0.25, -0.2) is 0 Å². The van der Waals surface area contributed by atoms with Crippen LogP contribution in [0.3, 0.4) is 0 Å². The first-order chi connectivity index (χ1) is 13.9. The Kier molecular flexibility index (Phi) is 4.64. The summed E-state index contributed by atoms with van der Waals surface area (Å²) in [4.78, 5) is 15.9. The molecule has 1 aromatic rings. The van der Waals surface area contributed by atoms with E-state index in [2.05, 4.69) is 43.2 Å². The Balaban J connectivity index is 1.37. The van der Waals surface area contributed by atoms with Gasteiger partial charge in [-0.3, -0.25) is 9.78 Å². The summed E-state index contributed by atoms with van der Waals surface area (Å²) >= 11 is 0. The molecule has 3 saturated carbocycles. The minimum atomic E-state index is -0.110. The molecule has 0 bridgehead atoms. The van der Waals surface area contributed by atoms with Crippen LogP contribution in [-0.2, 0) is 9.53 Å². The highest BCUT2D eigenvalue weighted by Gasteiger charge is 2.58. The van der Waals surface area contributed by atoms with Crippen LogP contribution in [0.4, 0.5) is 0 Å². The minimum absolute atomic E-state index is 0.110. The maximum atomic E-state index is 11.5. The van der Waals surface area contributed by atoms with Gasteiger partial charge in [-0.05, 0) is 103 Å². The van der Waals surface area contributed by atoms with Gasteiger partial charge in [-0.2, -0.15) is 0 Å². The quantitative estimate of drug-likeness (QED) is 0.574. The lowest BCUT2D eigenvalue weighted by Gasteiger charge is -2.60. The molecule has 0 unspecified atom stereocenters. The molecule has 7 atom stereocenters. The zero-order chi connectivity index (χ0) is 20.2. The monoisotopic (exact) mass is 393 g/mol. The maximum Gasteiger partial charge on any atom is 0.302 e. The van der Waals surface area contributed by atoms with Crippen molar-refractivity contribution in [3.8, 4) is 0 Å². The van der Waals surface area contributed by atoms with Crippen molar-refractivity contribution in [1.29, 1.82) is 0 Å². The molecule has 1 aromatic heterocycles. The lowest BCUT2D eigenvalue weighted by molar-refractivity contribution is -0.158. The van der Waals surface area contributed by atoms with Crippen LogP contribution in [0.1, 0.15) is 77.7 Å². The second-order valence-corrected chi connectivity index (χ2v) is 10.7. The molecular formula is C26H35NO2. The fourth-order valence-corrected chi connectivity index (χ4v) is 8.10. The van der Waals surface area contributed by atoms with Crippen LogP contribution in [0.25, 0.3) is 5.57 Å². The second-order valence-electron chi connectivity index (χ2n) is 10.7. The first-order valence-corrected chi connectivity index (χ1v) is 11.7. The Morgan fingerprint density at radius 3 is 2.76 bits per heavy atom. The largest absolute Gasteiger partial charge is 0.463 e. The Hall–Kier alpha value is -1.64. The zero-order valence-electron chi connectivity index (χ0n) is 18.2. The topological polar surface area (TPSA) is 39.2 Å². The fourth-order valence-electron chi connectivity index (χ4n) is 8.10. The Labute approximate surface area is 175 Å². The molecule has 0 spiro atoms. The Morgan fingerprint density at radius 1 is 1.14 bits per heavy atom. The van der Waals surface area contributed by atoms with Crippen molar-refractivity contribution in [2.24, 2.45) is 34.5 Å². The molecule has 0 aromatic carbocycles. The number of carbonyl (C=O) groups excluding carboxylic acids is 1. The number of allylic oxidation sites excluding steroid dienone is 2. The molecule has 3 heteroatoms. The predicted molar refractivity (Wildman–Crippen MR) is 115 cm³/mol. The van der Waals surface area contributed by atoms with E-state index in [0.717, 1.165) is 36.5 Å². The molecule has 156 valence electrons. The number of hydrogen-bond donors (Lipinski definition) is 0. The Bertz CT molecular complexity index is 817. The Morgan fingerprint density at radius 2 is 2.00 bits per heavy atom. The van der Waals surface area contributed by atoms with Gasteiger partial charge < -0.3 is 4.74 Å². The highest BCUT2D eigenvalue weighted by atomic mass is 16.5. The number of pyridine rings is 1.